The molecule has 64 valence electrons. The maximum absolute atomic E-state index is 9.59. The molecule has 0 saturated heterocycles. The summed E-state index contributed by atoms with van der Waals surface area (Å²) >= 11 is 0. The van der Waals surface area contributed by atoms with Crippen LogP contribution in [0.5, 0.6) is 5.75 Å². The minimum Gasteiger partial charge on any atom is -0.506 e. The van der Waals surface area contributed by atoms with Crippen LogP contribution in [0, 0.1) is 0 Å². The molecule has 2 nitrogen and oxygen atoms in total. The van der Waals surface area contributed by atoms with Crippen LogP contribution < -0.4 is 0 Å². The monoisotopic (exact) mass is 171 g/mol. The number of rotatable bonds is 0. The van der Waals surface area contributed by atoms with E-state index in [1.165, 1.54) is 16.5 Å². The Hall–Kier alpha value is -1.57. The van der Waals surface area contributed by atoms with E-state index < -0.39 is 0 Å². The summed E-state index contributed by atoms with van der Waals surface area (Å²) in [6.45, 7) is 0. The molecule has 0 aliphatic heterocycles. The van der Waals surface area contributed by atoms with Crippen LogP contribution in [0.3, 0.4) is 0 Å². The standard InChI is InChI=1S/C11H9NO/c13-9-4-3-7-1-2-8-5-6-12-11(9)10(7)8/h3-6,13H,1-2H2. The summed E-state index contributed by atoms with van der Waals surface area (Å²) in [5.74, 6) is 0.294. The van der Waals surface area contributed by atoms with Gasteiger partial charge in [0.2, 0.25) is 0 Å². The van der Waals surface area contributed by atoms with Crippen molar-refractivity contribution in [3.05, 3.63) is 35.5 Å². The maximum atomic E-state index is 9.59. The van der Waals surface area contributed by atoms with Crippen molar-refractivity contribution in [3.8, 4) is 5.75 Å². The Labute approximate surface area is 75.9 Å². The molecule has 13 heavy (non-hydrogen) atoms. The summed E-state index contributed by atoms with van der Waals surface area (Å²) in [5, 5.41) is 10.8. The first-order valence-corrected chi connectivity index (χ1v) is 4.45. The molecule has 0 spiro atoms. The van der Waals surface area contributed by atoms with Crippen LogP contribution >= 0.6 is 0 Å². The number of aryl methyl sites for hydroxylation is 2. The van der Waals surface area contributed by atoms with Gasteiger partial charge in [-0.15, -0.1) is 0 Å². The average Bonchev–Trinajstić information content (AvgIpc) is 2.57. The minimum absolute atomic E-state index is 0.294. The van der Waals surface area contributed by atoms with Crippen molar-refractivity contribution < 1.29 is 5.11 Å². The average molecular weight is 171 g/mol. The molecule has 0 atom stereocenters. The number of aromatic hydroxyl groups is 1. The van der Waals surface area contributed by atoms with E-state index in [0.29, 0.717) is 5.75 Å². The number of benzene rings is 1. The van der Waals surface area contributed by atoms with Crippen LogP contribution in [0.2, 0.25) is 0 Å². The Kier molecular flexibility index (Phi) is 1.18. The second-order valence-corrected chi connectivity index (χ2v) is 3.44. The van der Waals surface area contributed by atoms with Crippen LogP contribution in [0.4, 0.5) is 0 Å². The largest absolute Gasteiger partial charge is 0.506 e. The predicted octanol–water partition coefficient (Wildman–Crippen LogP) is 2.04. The lowest BCUT2D eigenvalue weighted by Crippen LogP contribution is -1.82. The third-order valence-electron chi connectivity index (χ3n) is 2.71. The quantitative estimate of drug-likeness (QED) is 0.658. The van der Waals surface area contributed by atoms with E-state index in [1.807, 2.05) is 12.1 Å². The van der Waals surface area contributed by atoms with Gasteiger partial charge in [0.15, 0.2) is 0 Å². The molecule has 2 heteroatoms. The molecular weight excluding hydrogens is 162 g/mol. The van der Waals surface area contributed by atoms with Crippen molar-refractivity contribution in [1.82, 2.24) is 4.98 Å². The fourth-order valence-corrected chi connectivity index (χ4v) is 2.08. The zero-order valence-electron chi connectivity index (χ0n) is 7.12. The highest BCUT2D eigenvalue weighted by molar-refractivity contribution is 5.91. The summed E-state index contributed by atoms with van der Waals surface area (Å²) in [4.78, 5) is 4.19. The number of hydrogen-bond acceptors (Lipinski definition) is 2. The van der Waals surface area contributed by atoms with Crippen LogP contribution in [0.15, 0.2) is 24.4 Å². The van der Waals surface area contributed by atoms with Gasteiger partial charge in [0, 0.05) is 11.6 Å². The highest BCUT2D eigenvalue weighted by atomic mass is 16.3. The molecule has 1 aliphatic carbocycles. The first-order chi connectivity index (χ1) is 6.36. The molecule has 1 heterocycles. The fourth-order valence-electron chi connectivity index (χ4n) is 2.08. The molecule has 1 aromatic heterocycles. The smallest absolute Gasteiger partial charge is 0.141 e. The maximum Gasteiger partial charge on any atom is 0.141 e. The number of hydrogen-bond donors (Lipinski definition) is 1. The fraction of sp³-hybridized carbons (Fsp3) is 0.182. The summed E-state index contributed by atoms with van der Waals surface area (Å²) in [6.07, 6.45) is 3.93. The predicted molar refractivity (Wildman–Crippen MR) is 50.8 cm³/mol. The summed E-state index contributed by atoms with van der Waals surface area (Å²) in [7, 11) is 0. The molecule has 1 N–H and O–H groups in total. The molecular formula is C11H9NO. The van der Waals surface area contributed by atoms with E-state index in [1.54, 1.807) is 12.3 Å². The van der Waals surface area contributed by atoms with Gasteiger partial charge in [-0.25, -0.2) is 0 Å². The molecule has 0 saturated carbocycles. The molecule has 0 bridgehead atoms. The van der Waals surface area contributed by atoms with E-state index in [-0.39, 0.29) is 0 Å². The lowest BCUT2D eigenvalue weighted by molar-refractivity contribution is 0.480. The van der Waals surface area contributed by atoms with Gasteiger partial charge in [0.25, 0.3) is 0 Å². The molecule has 0 fully saturated rings. The van der Waals surface area contributed by atoms with Crippen molar-refractivity contribution in [2.45, 2.75) is 12.8 Å². The third kappa shape index (κ3) is 0.800. The van der Waals surface area contributed by atoms with Crippen molar-refractivity contribution in [1.29, 1.82) is 0 Å². The Morgan fingerprint density at radius 3 is 2.69 bits per heavy atom. The first kappa shape index (κ1) is 6.89. The van der Waals surface area contributed by atoms with Crippen molar-refractivity contribution in [2.75, 3.05) is 0 Å². The van der Waals surface area contributed by atoms with E-state index in [9.17, 15) is 5.11 Å². The Morgan fingerprint density at radius 1 is 1.08 bits per heavy atom. The molecule has 0 radical (unpaired) electrons. The van der Waals surface area contributed by atoms with E-state index in [0.717, 1.165) is 18.4 Å². The Bertz CT molecular complexity index is 480. The number of aromatic nitrogens is 1. The number of phenolic OH excluding ortho intramolecular Hbond substituents is 1. The highest BCUT2D eigenvalue weighted by Crippen LogP contribution is 2.33. The van der Waals surface area contributed by atoms with Crippen LogP contribution in [-0.4, -0.2) is 10.1 Å². The Balaban J connectivity index is 2.58. The lowest BCUT2D eigenvalue weighted by atomic mass is 10.1. The molecule has 1 aliphatic rings. The Morgan fingerprint density at radius 2 is 1.85 bits per heavy atom. The summed E-state index contributed by atoms with van der Waals surface area (Å²) in [6, 6.07) is 5.77. The highest BCUT2D eigenvalue weighted by Gasteiger charge is 2.15. The zero-order chi connectivity index (χ0) is 8.84. The second kappa shape index (κ2) is 2.22. The summed E-state index contributed by atoms with van der Waals surface area (Å²) in [5.41, 5.74) is 3.39. The van der Waals surface area contributed by atoms with Crippen molar-refractivity contribution in [3.63, 3.8) is 0 Å². The molecule has 2 aromatic rings. The van der Waals surface area contributed by atoms with Gasteiger partial charge in [-0.2, -0.15) is 0 Å². The number of phenols is 1. The van der Waals surface area contributed by atoms with Gasteiger partial charge in [-0.1, -0.05) is 6.07 Å². The molecule has 1 aromatic carbocycles. The zero-order valence-corrected chi connectivity index (χ0v) is 7.12. The van der Waals surface area contributed by atoms with Crippen LogP contribution in [-0.2, 0) is 12.8 Å². The SMILES string of the molecule is Oc1ccc2c3c(ccnc13)CC2. The topological polar surface area (TPSA) is 33.1 Å². The molecule has 3 rings (SSSR count). The third-order valence-corrected chi connectivity index (χ3v) is 2.71. The van der Waals surface area contributed by atoms with Gasteiger partial charge in [0.05, 0.1) is 0 Å². The second-order valence-electron chi connectivity index (χ2n) is 3.44. The van der Waals surface area contributed by atoms with Crippen molar-refractivity contribution in [2.24, 2.45) is 0 Å². The normalized spacial score (nSPS) is 13.8. The number of nitrogens with zero attached hydrogens (tertiary/aromatic N) is 1. The van der Waals surface area contributed by atoms with Gasteiger partial charge in [-0.3, -0.25) is 4.98 Å². The van der Waals surface area contributed by atoms with E-state index >= 15 is 0 Å². The van der Waals surface area contributed by atoms with Gasteiger partial charge < -0.3 is 5.11 Å². The minimum atomic E-state index is 0.294. The molecule has 0 unspecified atom stereocenters. The first-order valence-electron chi connectivity index (χ1n) is 4.45. The lowest BCUT2D eigenvalue weighted by Gasteiger charge is -2.01. The number of pyridine rings is 1. The van der Waals surface area contributed by atoms with Gasteiger partial charge in [0.1, 0.15) is 11.3 Å². The molecule has 0 amide bonds. The van der Waals surface area contributed by atoms with E-state index in [2.05, 4.69) is 4.98 Å². The summed E-state index contributed by atoms with van der Waals surface area (Å²) < 4.78 is 0. The van der Waals surface area contributed by atoms with Gasteiger partial charge >= 0.3 is 0 Å². The van der Waals surface area contributed by atoms with Crippen LogP contribution in [0.25, 0.3) is 10.9 Å². The van der Waals surface area contributed by atoms with Gasteiger partial charge in [-0.05, 0) is 36.1 Å². The van der Waals surface area contributed by atoms with E-state index in [4.69, 9.17) is 0 Å². The van der Waals surface area contributed by atoms with Crippen molar-refractivity contribution >= 4 is 10.9 Å². The van der Waals surface area contributed by atoms with Crippen LogP contribution in [0.1, 0.15) is 11.1 Å².